The number of fused-ring (bicyclic) bond motifs is 4. The lowest BCUT2D eigenvalue weighted by molar-refractivity contribution is -0.142. The number of likely N-dealkylation sites (tertiary alicyclic amines) is 2. The van der Waals surface area contributed by atoms with Crippen LogP contribution in [0.1, 0.15) is 51.0 Å². The zero-order valence-corrected chi connectivity index (χ0v) is 20.4. The number of hydrogen-bond donors (Lipinski definition) is 1. The SMILES string of the molecule is CCCN1C(=O)C2CC=C3C(CC4C(=O)N(CCC)C(=O)C4C3c3cccc(OC)c3O)C2C1=O. The summed E-state index contributed by atoms with van der Waals surface area (Å²) in [6.07, 6.45) is 4.11. The zero-order valence-electron chi connectivity index (χ0n) is 20.4. The lowest BCUT2D eigenvalue weighted by Gasteiger charge is -2.44. The monoisotopic (exact) mass is 480 g/mol. The molecule has 186 valence electrons. The Labute approximate surface area is 204 Å². The van der Waals surface area contributed by atoms with Gasteiger partial charge in [-0.3, -0.25) is 29.0 Å². The Bertz CT molecular complexity index is 1130. The molecule has 1 N–H and O–H groups in total. The van der Waals surface area contributed by atoms with Crippen molar-refractivity contribution in [2.24, 2.45) is 29.6 Å². The number of carbonyl (C=O) groups excluding carboxylic acids is 4. The van der Waals surface area contributed by atoms with Crippen molar-refractivity contribution < 1.29 is 29.0 Å². The van der Waals surface area contributed by atoms with E-state index in [0.717, 1.165) is 5.57 Å². The molecule has 8 nitrogen and oxygen atoms in total. The molecule has 2 heterocycles. The van der Waals surface area contributed by atoms with E-state index in [4.69, 9.17) is 4.74 Å². The second kappa shape index (κ2) is 8.81. The summed E-state index contributed by atoms with van der Waals surface area (Å²) in [5, 5.41) is 11.1. The quantitative estimate of drug-likeness (QED) is 0.496. The first-order valence-corrected chi connectivity index (χ1v) is 12.6. The Kier molecular flexibility index (Phi) is 5.93. The minimum absolute atomic E-state index is 0.0574. The van der Waals surface area contributed by atoms with Crippen LogP contribution in [-0.4, -0.2) is 58.7 Å². The maximum absolute atomic E-state index is 13.6. The minimum Gasteiger partial charge on any atom is -0.504 e. The van der Waals surface area contributed by atoms with Gasteiger partial charge in [0.1, 0.15) is 0 Å². The number of rotatable bonds is 6. The van der Waals surface area contributed by atoms with Crippen LogP contribution in [0.2, 0.25) is 0 Å². The number of benzene rings is 1. The second-order valence-electron chi connectivity index (χ2n) is 10.1. The Morgan fingerprint density at radius 2 is 1.51 bits per heavy atom. The molecule has 1 saturated carbocycles. The number of aromatic hydroxyl groups is 1. The lowest BCUT2D eigenvalue weighted by Crippen LogP contribution is -2.43. The number of nitrogens with zero attached hydrogens (tertiary/aromatic N) is 2. The molecule has 0 bridgehead atoms. The molecule has 3 fully saturated rings. The number of hydrogen-bond acceptors (Lipinski definition) is 6. The highest BCUT2D eigenvalue weighted by atomic mass is 16.5. The Hall–Kier alpha value is -3.16. The average Bonchev–Trinajstić information content (AvgIpc) is 3.24. The molecule has 2 aliphatic carbocycles. The van der Waals surface area contributed by atoms with Gasteiger partial charge in [0.25, 0.3) is 0 Å². The molecule has 35 heavy (non-hydrogen) atoms. The molecule has 6 unspecified atom stereocenters. The van der Waals surface area contributed by atoms with Crippen molar-refractivity contribution in [3.05, 3.63) is 35.4 Å². The highest BCUT2D eigenvalue weighted by molar-refractivity contribution is 6.08. The van der Waals surface area contributed by atoms with Crippen LogP contribution in [0.4, 0.5) is 0 Å². The summed E-state index contributed by atoms with van der Waals surface area (Å²) in [7, 11) is 1.47. The summed E-state index contributed by atoms with van der Waals surface area (Å²) in [4.78, 5) is 56.3. The van der Waals surface area contributed by atoms with Crippen LogP contribution >= 0.6 is 0 Å². The lowest BCUT2D eigenvalue weighted by atomic mass is 9.57. The van der Waals surface area contributed by atoms with E-state index in [9.17, 15) is 24.3 Å². The molecule has 4 aliphatic rings. The van der Waals surface area contributed by atoms with Crippen molar-refractivity contribution in [1.82, 2.24) is 9.80 Å². The van der Waals surface area contributed by atoms with Crippen LogP contribution in [0.5, 0.6) is 11.5 Å². The molecule has 1 aromatic carbocycles. The van der Waals surface area contributed by atoms with Gasteiger partial charge in [-0.2, -0.15) is 0 Å². The fourth-order valence-electron chi connectivity index (χ4n) is 6.91. The largest absolute Gasteiger partial charge is 0.504 e. The van der Waals surface area contributed by atoms with Gasteiger partial charge >= 0.3 is 0 Å². The van der Waals surface area contributed by atoms with Crippen LogP contribution in [0, 0.1) is 29.6 Å². The number of imide groups is 2. The standard InChI is InChI=1S/C27H32N2O6/c1-4-11-28-24(31)16-10-9-14-17(21(16)26(28)33)13-18-22(27(34)29(12-5-2)25(18)32)20(14)15-7-6-8-19(35-3)23(15)30/h6-9,16-18,20-22,30H,4-5,10-13H2,1-3H3. The number of phenols is 1. The van der Waals surface area contributed by atoms with Gasteiger partial charge in [-0.05, 0) is 37.7 Å². The Morgan fingerprint density at radius 1 is 0.886 bits per heavy atom. The van der Waals surface area contributed by atoms with Crippen molar-refractivity contribution in [2.75, 3.05) is 20.2 Å². The maximum atomic E-state index is 13.6. The number of methoxy groups -OCH3 is 1. The number of phenolic OH excluding ortho intramolecular Hbond substituents is 1. The van der Waals surface area contributed by atoms with Crippen molar-refractivity contribution in [1.29, 1.82) is 0 Å². The molecule has 0 aromatic heterocycles. The van der Waals surface area contributed by atoms with E-state index in [0.29, 0.717) is 50.1 Å². The van der Waals surface area contributed by atoms with Crippen molar-refractivity contribution in [2.45, 2.75) is 45.4 Å². The van der Waals surface area contributed by atoms with Crippen LogP contribution in [0.3, 0.4) is 0 Å². The third kappa shape index (κ3) is 3.32. The predicted molar refractivity (Wildman–Crippen MR) is 126 cm³/mol. The summed E-state index contributed by atoms with van der Waals surface area (Å²) in [5.74, 6) is -3.61. The summed E-state index contributed by atoms with van der Waals surface area (Å²) < 4.78 is 5.34. The highest BCUT2D eigenvalue weighted by Gasteiger charge is 2.61. The molecular formula is C27H32N2O6. The molecule has 4 amide bonds. The molecule has 1 aromatic rings. The Balaban J connectivity index is 1.64. The molecule has 8 heteroatoms. The van der Waals surface area contributed by atoms with E-state index in [1.807, 2.05) is 19.9 Å². The first-order chi connectivity index (χ1) is 16.8. The van der Waals surface area contributed by atoms with Crippen molar-refractivity contribution in [3.8, 4) is 11.5 Å². The van der Waals surface area contributed by atoms with Crippen LogP contribution < -0.4 is 4.74 Å². The summed E-state index contributed by atoms with van der Waals surface area (Å²) in [5.41, 5.74) is 1.41. The molecule has 2 saturated heterocycles. The average molecular weight is 481 g/mol. The predicted octanol–water partition coefficient (Wildman–Crippen LogP) is 2.86. The fourth-order valence-corrected chi connectivity index (χ4v) is 6.91. The number of amides is 4. The van der Waals surface area contributed by atoms with Gasteiger partial charge in [0.2, 0.25) is 23.6 Å². The van der Waals surface area contributed by atoms with Crippen molar-refractivity contribution >= 4 is 23.6 Å². The van der Waals surface area contributed by atoms with Crippen molar-refractivity contribution in [3.63, 3.8) is 0 Å². The van der Waals surface area contributed by atoms with E-state index >= 15 is 0 Å². The van der Waals surface area contributed by atoms with Gasteiger partial charge in [0, 0.05) is 24.6 Å². The number of para-hydroxylation sites is 1. The van der Waals surface area contributed by atoms with Gasteiger partial charge in [-0.25, -0.2) is 0 Å². The smallest absolute Gasteiger partial charge is 0.234 e. The fraction of sp³-hybridized carbons (Fsp3) is 0.556. The van der Waals surface area contributed by atoms with Gasteiger partial charge in [-0.15, -0.1) is 0 Å². The van der Waals surface area contributed by atoms with E-state index in [2.05, 4.69) is 0 Å². The Morgan fingerprint density at radius 3 is 2.14 bits per heavy atom. The van der Waals surface area contributed by atoms with E-state index in [1.165, 1.54) is 16.9 Å². The first kappa shape index (κ1) is 23.6. The van der Waals surface area contributed by atoms with Gasteiger partial charge in [0.05, 0.1) is 30.8 Å². The molecular weight excluding hydrogens is 448 g/mol. The summed E-state index contributed by atoms with van der Waals surface area (Å²) >= 11 is 0. The van der Waals surface area contributed by atoms with E-state index in [-0.39, 0.29) is 35.3 Å². The molecule has 0 spiro atoms. The highest BCUT2D eigenvalue weighted by Crippen LogP contribution is 2.59. The molecule has 6 atom stereocenters. The van der Waals surface area contributed by atoms with E-state index in [1.54, 1.807) is 18.2 Å². The minimum atomic E-state index is -0.648. The van der Waals surface area contributed by atoms with Gasteiger partial charge < -0.3 is 9.84 Å². The van der Waals surface area contributed by atoms with Gasteiger partial charge in [-0.1, -0.05) is 37.6 Å². The third-order valence-corrected chi connectivity index (χ3v) is 8.31. The topological polar surface area (TPSA) is 104 Å². The normalized spacial score (nSPS) is 31.9. The van der Waals surface area contributed by atoms with E-state index < -0.39 is 29.6 Å². The molecule has 5 rings (SSSR count). The van der Waals surface area contributed by atoms with Crippen LogP contribution in [0.25, 0.3) is 0 Å². The maximum Gasteiger partial charge on any atom is 0.234 e. The summed E-state index contributed by atoms with van der Waals surface area (Å²) in [6, 6.07) is 5.17. The second-order valence-corrected chi connectivity index (χ2v) is 10.1. The third-order valence-electron chi connectivity index (χ3n) is 8.31. The number of ether oxygens (including phenoxy) is 1. The summed E-state index contributed by atoms with van der Waals surface area (Å²) in [6.45, 7) is 4.59. The number of allylic oxidation sites excluding steroid dienone is 2. The van der Waals surface area contributed by atoms with Crippen LogP contribution in [-0.2, 0) is 19.2 Å². The van der Waals surface area contributed by atoms with Gasteiger partial charge in [0.15, 0.2) is 11.5 Å². The number of carbonyl (C=O) groups is 4. The zero-order chi connectivity index (χ0) is 25.0. The molecule has 2 aliphatic heterocycles. The molecule has 0 radical (unpaired) electrons. The van der Waals surface area contributed by atoms with Crippen LogP contribution in [0.15, 0.2) is 29.8 Å². The first-order valence-electron chi connectivity index (χ1n) is 12.6.